The number of ether oxygens (including phenoxy) is 2. The number of amides is 1. The molecule has 1 amide bonds. The molecule has 12 heteroatoms. The quantitative estimate of drug-likeness (QED) is 0.391. The molecule has 0 radical (unpaired) electrons. The number of likely N-dealkylation sites (tertiary alicyclic amines) is 1. The number of anilines is 3. The van der Waals surface area contributed by atoms with E-state index in [-0.39, 0.29) is 25.0 Å². The van der Waals surface area contributed by atoms with E-state index in [1.165, 1.54) is 12.0 Å². The second-order valence-corrected chi connectivity index (χ2v) is 10.7. The minimum Gasteiger partial charge on any atom is -0.487 e. The minimum absolute atomic E-state index is 0.0941. The molecule has 0 saturated carbocycles. The normalized spacial score (nSPS) is 19.3. The van der Waals surface area contributed by atoms with E-state index in [9.17, 15) is 10.1 Å². The van der Waals surface area contributed by atoms with Gasteiger partial charge in [0.25, 0.3) is 0 Å². The molecule has 2 aromatic carbocycles. The van der Waals surface area contributed by atoms with E-state index in [0.29, 0.717) is 54.2 Å². The number of rotatable bonds is 9. The zero-order chi connectivity index (χ0) is 28.9. The number of nitrogens with one attached hydrogen (secondary N) is 1. The lowest BCUT2D eigenvalue weighted by Crippen LogP contribution is -2.56. The number of benzene rings is 2. The molecule has 4 heterocycles. The van der Waals surface area contributed by atoms with Crippen LogP contribution in [-0.4, -0.2) is 107 Å². The Balaban J connectivity index is 1.07. The van der Waals surface area contributed by atoms with Gasteiger partial charge in [0.1, 0.15) is 24.3 Å². The zero-order valence-electron chi connectivity index (χ0n) is 23.4. The highest BCUT2D eigenvalue weighted by molar-refractivity contribution is 5.76. The van der Waals surface area contributed by atoms with Crippen molar-refractivity contribution in [2.24, 2.45) is 0 Å². The molecule has 3 saturated heterocycles. The Bertz CT molecular complexity index is 1430. The van der Waals surface area contributed by atoms with Gasteiger partial charge in [-0.15, -0.1) is 0 Å². The van der Waals surface area contributed by atoms with E-state index in [1.54, 1.807) is 17.0 Å². The molecule has 0 aliphatic carbocycles. The third-order valence-corrected chi connectivity index (χ3v) is 7.99. The van der Waals surface area contributed by atoms with Gasteiger partial charge in [0, 0.05) is 62.5 Å². The molecule has 218 valence electrons. The summed E-state index contributed by atoms with van der Waals surface area (Å²) in [5.41, 5.74) is 3.08. The summed E-state index contributed by atoms with van der Waals surface area (Å²) in [6.07, 6.45) is 2.00. The number of aromatic nitrogens is 3. The van der Waals surface area contributed by atoms with Crippen LogP contribution in [0.1, 0.15) is 18.4 Å². The summed E-state index contributed by atoms with van der Waals surface area (Å²) in [5, 5.41) is 22.1. The molecule has 1 atom stereocenters. The number of carbonyl (C=O) groups is 1. The average Bonchev–Trinajstić information content (AvgIpc) is 3.46. The van der Waals surface area contributed by atoms with E-state index in [2.05, 4.69) is 48.3 Å². The third kappa shape index (κ3) is 6.28. The highest BCUT2D eigenvalue weighted by atomic mass is 16.5. The van der Waals surface area contributed by atoms with Crippen LogP contribution in [0.4, 0.5) is 17.3 Å². The Morgan fingerprint density at radius 2 is 1.90 bits per heavy atom. The van der Waals surface area contributed by atoms with Gasteiger partial charge in [0.2, 0.25) is 11.9 Å². The van der Waals surface area contributed by atoms with Gasteiger partial charge in [-0.05, 0) is 42.5 Å². The predicted molar refractivity (Wildman–Crippen MR) is 155 cm³/mol. The van der Waals surface area contributed by atoms with Crippen LogP contribution in [0.3, 0.4) is 0 Å². The third-order valence-electron chi connectivity index (χ3n) is 7.99. The molecule has 3 aliphatic heterocycles. The van der Waals surface area contributed by atoms with E-state index in [4.69, 9.17) is 14.6 Å². The van der Waals surface area contributed by atoms with Gasteiger partial charge in [-0.1, -0.05) is 0 Å². The van der Waals surface area contributed by atoms with Crippen molar-refractivity contribution in [2.75, 3.05) is 69.3 Å². The largest absolute Gasteiger partial charge is 0.487 e. The number of hydrogen-bond donors (Lipinski definition) is 2. The minimum atomic E-state index is -0.211. The van der Waals surface area contributed by atoms with E-state index in [1.807, 2.05) is 18.2 Å². The topological polar surface area (TPSA) is 140 Å². The van der Waals surface area contributed by atoms with Gasteiger partial charge in [-0.3, -0.25) is 9.69 Å². The van der Waals surface area contributed by atoms with Crippen LogP contribution < -0.4 is 15.0 Å². The van der Waals surface area contributed by atoms with E-state index >= 15 is 0 Å². The Morgan fingerprint density at radius 1 is 1.10 bits per heavy atom. The Labute approximate surface area is 244 Å². The summed E-state index contributed by atoms with van der Waals surface area (Å²) in [6.45, 7) is 6.64. The van der Waals surface area contributed by atoms with Gasteiger partial charge in [0.15, 0.2) is 5.82 Å². The maximum absolute atomic E-state index is 12.1. The van der Waals surface area contributed by atoms with Gasteiger partial charge < -0.3 is 29.7 Å². The molecule has 3 fully saturated rings. The second kappa shape index (κ2) is 12.7. The van der Waals surface area contributed by atoms with Gasteiger partial charge in [-0.25, -0.2) is 9.97 Å². The van der Waals surface area contributed by atoms with Crippen molar-refractivity contribution >= 4 is 23.2 Å². The number of hydrogen-bond acceptors (Lipinski definition) is 11. The van der Waals surface area contributed by atoms with Crippen LogP contribution in [0, 0.1) is 11.3 Å². The number of nitriles is 1. The van der Waals surface area contributed by atoms with Crippen molar-refractivity contribution in [3.63, 3.8) is 0 Å². The van der Waals surface area contributed by atoms with Crippen molar-refractivity contribution < 1.29 is 19.4 Å². The standard InChI is InChI=1S/C30H34N8O4/c31-16-22-15-21(1-6-27(22)42-26-7-9-38(17-26)28(40)8-14-39)29-32-20-33-30(35-29)34-23-2-4-24(5-3-23)36-10-12-37(13-11-36)25-18-41-19-25/h1-6,15,20,25-26,39H,7-14,17-19H2,(H,32,33,34,35). The number of nitrogens with zero attached hydrogens (tertiary/aromatic N) is 7. The van der Waals surface area contributed by atoms with Crippen molar-refractivity contribution in [3.8, 4) is 23.2 Å². The van der Waals surface area contributed by atoms with Crippen LogP contribution in [0.2, 0.25) is 0 Å². The first-order valence-electron chi connectivity index (χ1n) is 14.3. The summed E-state index contributed by atoms with van der Waals surface area (Å²) < 4.78 is 11.4. The second-order valence-electron chi connectivity index (χ2n) is 10.7. The van der Waals surface area contributed by atoms with Crippen molar-refractivity contribution in [2.45, 2.75) is 25.0 Å². The highest BCUT2D eigenvalue weighted by Crippen LogP contribution is 2.28. The molecule has 12 nitrogen and oxygen atoms in total. The Hall–Kier alpha value is -4.31. The monoisotopic (exact) mass is 570 g/mol. The van der Waals surface area contributed by atoms with Gasteiger partial charge in [0.05, 0.1) is 38.0 Å². The molecule has 3 aromatic rings. The molecule has 3 aliphatic rings. The molecule has 6 rings (SSSR count). The summed E-state index contributed by atoms with van der Waals surface area (Å²) in [6, 6.07) is 16.3. The number of aliphatic hydroxyl groups excluding tert-OH is 1. The number of piperazine rings is 1. The molecular weight excluding hydrogens is 536 g/mol. The first kappa shape index (κ1) is 27.8. The molecule has 0 spiro atoms. The van der Waals surface area contributed by atoms with Crippen LogP contribution in [0.5, 0.6) is 5.75 Å². The number of aliphatic hydroxyl groups is 1. The predicted octanol–water partition coefficient (Wildman–Crippen LogP) is 2.04. The smallest absolute Gasteiger partial charge is 0.230 e. The van der Waals surface area contributed by atoms with Crippen LogP contribution >= 0.6 is 0 Å². The zero-order valence-corrected chi connectivity index (χ0v) is 23.4. The van der Waals surface area contributed by atoms with E-state index in [0.717, 1.165) is 45.1 Å². The van der Waals surface area contributed by atoms with Crippen LogP contribution in [0.25, 0.3) is 11.4 Å². The van der Waals surface area contributed by atoms with Crippen molar-refractivity contribution in [3.05, 3.63) is 54.4 Å². The summed E-state index contributed by atoms with van der Waals surface area (Å²) in [4.78, 5) is 31.8. The van der Waals surface area contributed by atoms with Crippen molar-refractivity contribution in [1.29, 1.82) is 5.26 Å². The van der Waals surface area contributed by atoms with Gasteiger partial charge in [-0.2, -0.15) is 10.2 Å². The summed E-state index contributed by atoms with van der Waals surface area (Å²) in [5.74, 6) is 1.20. The lowest BCUT2D eigenvalue weighted by Gasteiger charge is -2.43. The molecule has 2 N–H and O–H groups in total. The lowest BCUT2D eigenvalue weighted by molar-refractivity contribution is -0.131. The highest BCUT2D eigenvalue weighted by Gasteiger charge is 2.29. The number of carbonyl (C=O) groups excluding carboxylic acids is 1. The molecule has 0 bridgehead atoms. The maximum Gasteiger partial charge on any atom is 0.230 e. The van der Waals surface area contributed by atoms with Crippen LogP contribution in [-0.2, 0) is 9.53 Å². The maximum atomic E-state index is 12.1. The first-order valence-corrected chi connectivity index (χ1v) is 14.3. The fourth-order valence-corrected chi connectivity index (χ4v) is 5.50. The molecule has 42 heavy (non-hydrogen) atoms. The van der Waals surface area contributed by atoms with E-state index < -0.39 is 0 Å². The molecular formula is C30H34N8O4. The lowest BCUT2D eigenvalue weighted by atomic mass is 10.1. The molecule has 1 aromatic heterocycles. The Morgan fingerprint density at radius 3 is 2.62 bits per heavy atom. The summed E-state index contributed by atoms with van der Waals surface area (Å²) >= 11 is 0. The molecule has 1 unspecified atom stereocenters. The van der Waals surface area contributed by atoms with Gasteiger partial charge >= 0.3 is 0 Å². The Kier molecular flexibility index (Phi) is 8.41. The fraction of sp³-hybridized carbons (Fsp3) is 0.433. The summed E-state index contributed by atoms with van der Waals surface area (Å²) in [7, 11) is 0. The first-order chi connectivity index (χ1) is 20.6. The van der Waals surface area contributed by atoms with Crippen LogP contribution in [0.15, 0.2) is 48.8 Å². The average molecular weight is 571 g/mol. The fourth-order valence-electron chi connectivity index (χ4n) is 5.50. The SMILES string of the molecule is N#Cc1cc(-c2ncnc(Nc3ccc(N4CCN(C5COC5)CC4)cc3)n2)ccc1OC1CCN(C(=O)CCO)C1. The van der Waals surface area contributed by atoms with Crippen molar-refractivity contribution in [1.82, 2.24) is 24.8 Å².